The third kappa shape index (κ3) is 2.36. The van der Waals surface area contributed by atoms with Crippen LogP contribution in [0.25, 0.3) is 5.52 Å². The summed E-state index contributed by atoms with van der Waals surface area (Å²) >= 11 is 3.55. The molecule has 3 rings (SSSR count). The third-order valence-corrected chi connectivity index (χ3v) is 3.84. The Morgan fingerprint density at radius 1 is 1.16 bits per heavy atom. The number of benzene rings is 1. The Morgan fingerprint density at radius 2 is 1.95 bits per heavy atom. The second kappa shape index (κ2) is 5.05. The van der Waals surface area contributed by atoms with Crippen LogP contribution in [0.2, 0.25) is 0 Å². The van der Waals surface area contributed by atoms with Gasteiger partial charge in [-0.3, -0.25) is 9.38 Å². The molecule has 0 aliphatic heterocycles. The van der Waals surface area contributed by atoms with Crippen molar-refractivity contribution in [3.63, 3.8) is 0 Å². The van der Waals surface area contributed by atoms with Crippen LogP contribution in [0.15, 0.2) is 53.3 Å². The quantitative estimate of drug-likeness (QED) is 0.804. The molecule has 2 heterocycles. The minimum atomic E-state index is 0.727. The summed E-state index contributed by atoms with van der Waals surface area (Å²) in [5, 5.41) is 0. The van der Waals surface area contributed by atoms with Crippen molar-refractivity contribution in [2.45, 2.75) is 12.8 Å². The van der Waals surface area contributed by atoms with Crippen molar-refractivity contribution >= 4 is 27.3 Å². The monoisotopic (exact) mass is 315 g/mol. The smallest absolute Gasteiger partial charge is 0.109 e. The van der Waals surface area contributed by atoms with Crippen LogP contribution in [0.3, 0.4) is 0 Å². The molecule has 0 amide bonds. The largest absolute Gasteiger partial charge is 0.385 e. The second-order valence-electron chi connectivity index (χ2n) is 4.50. The lowest BCUT2D eigenvalue weighted by Gasteiger charge is -2.05. The summed E-state index contributed by atoms with van der Waals surface area (Å²) < 4.78 is 2.97. The Hall–Kier alpha value is -1.81. The van der Waals surface area contributed by atoms with Crippen molar-refractivity contribution in [1.29, 1.82) is 0 Å². The fourth-order valence-corrected chi connectivity index (χ4v) is 2.95. The first-order chi connectivity index (χ1) is 9.25. The van der Waals surface area contributed by atoms with Crippen molar-refractivity contribution in [1.82, 2.24) is 9.38 Å². The number of halogens is 1. The van der Waals surface area contributed by atoms with Gasteiger partial charge in [-0.25, -0.2) is 0 Å². The van der Waals surface area contributed by atoms with Gasteiger partial charge in [0.15, 0.2) is 0 Å². The van der Waals surface area contributed by atoms with Crippen LogP contribution in [0, 0.1) is 0 Å². The number of anilines is 1. The van der Waals surface area contributed by atoms with E-state index < -0.39 is 0 Å². The van der Waals surface area contributed by atoms with E-state index in [4.69, 9.17) is 5.73 Å². The maximum atomic E-state index is 5.96. The number of hydrogen-bond donors (Lipinski definition) is 1. The first-order valence-electron chi connectivity index (χ1n) is 6.19. The van der Waals surface area contributed by atoms with Crippen molar-refractivity contribution in [2.24, 2.45) is 0 Å². The highest BCUT2D eigenvalue weighted by Gasteiger charge is 2.10. The van der Waals surface area contributed by atoms with E-state index in [9.17, 15) is 0 Å². The minimum Gasteiger partial charge on any atom is -0.385 e. The van der Waals surface area contributed by atoms with E-state index in [1.54, 1.807) is 6.20 Å². The van der Waals surface area contributed by atoms with Crippen LogP contribution in [0.5, 0.6) is 0 Å². The zero-order valence-corrected chi connectivity index (χ0v) is 12.0. The number of fused-ring (bicyclic) bond motifs is 1. The lowest BCUT2D eigenvalue weighted by Crippen LogP contribution is -2.00. The molecule has 3 nitrogen and oxygen atoms in total. The molecule has 2 aromatic heterocycles. The summed E-state index contributed by atoms with van der Waals surface area (Å²) in [5.74, 6) is 0.727. The Bertz CT molecular complexity index is 704. The van der Waals surface area contributed by atoms with Gasteiger partial charge < -0.3 is 5.73 Å². The Kier molecular flexibility index (Phi) is 3.25. The molecule has 0 radical (unpaired) electrons. The van der Waals surface area contributed by atoms with E-state index in [-0.39, 0.29) is 0 Å². The van der Waals surface area contributed by atoms with Gasteiger partial charge in [0.1, 0.15) is 5.82 Å². The fraction of sp³-hybridized carbons (Fsp3) is 0.133. The van der Waals surface area contributed by atoms with Gasteiger partial charge in [-0.05, 0) is 40.4 Å². The number of aromatic nitrogens is 2. The number of nitrogens with zero attached hydrogens (tertiary/aromatic N) is 2. The van der Waals surface area contributed by atoms with E-state index in [1.165, 1.54) is 5.56 Å². The molecule has 0 saturated carbocycles. The topological polar surface area (TPSA) is 43.3 Å². The summed E-state index contributed by atoms with van der Waals surface area (Å²) in [6.07, 6.45) is 5.57. The maximum absolute atomic E-state index is 5.96. The maximum Gasteiger partial charge on any atom is 0.109 e. The summed E-state index contributed by atoms with van der Waals surface area (Å²) in [5.41, 5.74) is 9.41. The zero-order valence-electron chi connectivity index (χ0n) is 10.4. The molecule has 4 heteroatoms. The molecule has 19 heavy (non-hydrogen) atoms. The fourth-order valence-electron chi connectivity index (χ4n) is 2.29. The molecule has 96 valence electrons. The van der Waals surface area contributed by atoms with Gasteiger partial charge in [0.25, 0.3) is 0 Å². The molecule has 0 fully saturated rings. The highest BCUT2D eigenvalue weighted by Crippen LogP contribution is 2.26. The van der Waals surface area contributed by atoms with Crippen LogP contribution in [-0.4, -0.2) is 9.38 Å². The molecule has 0 saturated heterocycles. The SMILES string of the molecule is Nc1cc(Br)c2c(CCc3ccccc3)nccn12. The first kappa shape index (κ1) is 12.2. The predicted molar refractivity (Wildman–Crippen MR) is 81.2 cm³/mol. The van der Waals surface area contributed by atoms with E-state index in [0.717, 1.165) is 34.3 Å². The number of aryl methyl sites for hydroxylation is 2. The molecular weight excluding hydrogens is 302 g/mol. The van der Waals surface area contributed by atoms with Crippen molar-refractivity contribution in [3.05, 3.63) is 64.5 Å². The van der Waals surface area contributed by atoms with E-state index >= 15 is 0 Å². The standard InChI is InChI=1S/C15H14BrN3/c16-12-10-14(17)19-9-8-18-13(15(12)19)7-6-11-4-2-1-3-5-11/h1-5,8-10H,6-7,17H2. The summed E-state index contributed by atoms with van der Waals surface area (Å²) in [7, 11) is 0. The lowest BCUT2D eigenvalue weighted by atomic mass is 10.1. The highest BCUT2D eigenvalue weighted by molar-refractivity contribution is 9.10. The average Bonchev–Trinajstić information content (AvgIpc) is 2.74. The van der Waals surface area contributed by atoms with Crippen molar-refractivity contribution in [3.8, 4) is 0 Å². The van der Waals surface area contributed by atoms with Gasteiger partial charge in [-0.1, -0.05) is 30.3 Å². The number of nitrogen functional groups attached to an aromatic ring is 1. The van der Waals surface area contributed by atoms with Crippen molar-refractivity contribution < 1.29 is 0 Å². The molecule has 1 aromatic carbocycles. The predicted octanol–water partition coefficient (Wildman–Crippen LogP) is 3.46. The molecule has 0 spiro atoms. The first-order valence-corrected chi connectivity index (χ1v) is 6.99. The normalized spacial score (nSPS) is 11.0. The zero-order chi connectivity index (χ0) is 13.2. The van der Waals surface area contributed by atoms with Crippen LogP contribution in [0.4, 0.5) is 5.82 Å². The van der Waals surface area contributed by atoms with Crippen LogP contribution >= 0.6 is 15.9 Å². The summed E-state index contributed by atoms with van der Waals surface area (Å²) in [6, 6.07) is 12.4. The van der Waals surface area contributed by atoms with Gasteiger partial charge in [0.2, 0.25) is 0 Å². The number of nitrogens with two attached hydrogens (primary N) is 1. The average molecular weight is 316 g/mol. The molecular formula is C15H14BrN3. The van der Waals surface area contributed by atoms with Gasteiger partial charge in [-0.2, -0.15) is 0 Å². The molecule has 0 bridgehead atoms. The second-order valence-corrected chi connectivity index (χ2v) is 5.35. The molecule has 0 unspecified atom stereocenters. The van der Waals surface area contributed by atoms with E-state index in [0.29, 0.717) is 0 Å². The third-order valence-electron chi connectivity index (χ3n) is 3.23. The Balaban J connectivity index is 1.93. The molecule has 3 aromatic rings. The molecule has 2 N–H and O–H groups in total. The minimum absolute atomic E-state index is 0.727. The molecule has 0 aliphatic carbocycles. The highest BCUT2D eigenvalue weighted by atomic mass is 79.9. The number of hydrogen-bond acceptors (Lipinski definition) is 2. The van der Waals surface area contributed by atoms with Crippen LogP contribution in [-0.2, 0) is 12.8 Å². The van der Waals surface area contributed by atoms with E-state index in [2.05, 4.69) is 45.2 Å². The number of rotatable bonds is 3. The lowest BCUT2D eigenvalue weighted by molar-refractivity contribution is 0.908. The van der Waals surface area contributed by atoms with Gasteiger partial charge >= 0.3 is 0 Å². The molecule has 0 atom stereocenters. The van der Waals surface area contributed by atoms with Gasteiger partial charge in [-0.15, -0.1) is 0 Å². The Labute approximate surface area is 120 Å². The van der Waals surface area contributed by atoms with Crippen LogP contribution < -0.4 is 5.73 Å². The summed E-state index contributed by atoms with van der Waals surface area (Å²) in [4.78, 5) is 4.49. The summed E-state index contributed by atoms with van der Waals surface area (Å²) in [6.45, 7) is 0. The van der Waals surface area contributed by atoms with Crippen LogP contribution in [0.1, 0.15) is 11.3 Å². The van der Waals surface area contributed by atoms with Crippen molar-refractivity contribution in [2.75, 3.05) is 5.73 Å². The Morgan fingerprint density at radius 3 is 2.74 bits per heavy atom. The molecule has 0 aliphatic rings. The van der Waals surface area contributed by atoms with Gasteiger partial charge in [0.05, 0.1) is 11.2 Å². The van der Waals surface area contributed by atoms with Gasteiger partial charge in [0, 0.05) is 16.9 Å². The van der Waals surface area contributed by atoms with E-state index in [1.807, 2.05) is 22.7 Å².